The number of hydrogen-bond acceptors (Lipinski definition) is 2. The monoisotopic (exact) mass is 530 g/mol. The van der Waals surface area contributed by atoms with Gasteiger partial charge < -0.3 is 9.47 Å². The zero-order valence-corrected chi connectivity index (χ0v) is 16.6. The summed E-state index contributed by atoms with van der Waals surface area (Å²) in [7, 11) is 3.38. The van der Waals surface area contributed by atoms with E-state index in [2.05, 4.69) is 24.3 Å². The third-order valence-corrected chi connectivity index (χ3v) is 5.00. The number of methoxy groups -OCH3 is 2. The summed E-state index contributed by atoms with van der Waals surface area (Å²) in [5.74, 6) is 1.82. The summed E-state index contributed by atoms with van der Waals surface area (Å²) < 4.78 is 72.5. The average Bonchev–Trinajstić information content (AvgIpc) is 2.46. The minimum atomic E-state index is -11.1. The van der Waals surface area contributed by atoms with Crippen LogP contribution in [0, 0.1) is 7.14 Å². The van der Waals surface area contributed by atoms with Crippen LogP contribution >= 0.6 is 0 Å². The van der Waals surface area contributed by atoms with Crippen LogP contribution in [0.2, 0.25) is 0 Å². The van der Waals surface area contributed by atoms with Gasteiger partial charge in [0.25, 0.3) is 0 Å². The van der Waals surface area contributed by atoms with Crippen molar-refractivity contribution < 1.29 is 51.5 Å². The molecule has 24 heavy (non-hydrogen) atoms. The molecule has 0 radical (unpaired) electrons. The maximum absolute atomic E-state index is 11.1. The third kappa shape index (κ3) is 11.4. The van der Waals surface area contributed by atoms with Crippen molar-refractivity contribution in [2.24, 2.45) is 0 Å². The number of benzene rings is 2. The van der Waals surface area contributed by atoms with Crippen molar-refractivity contribution in [3.8, 4) is 11.5 Å². The van der Waals surface area contributed by atoms with E-state index in [1.165, 1.54) is 7.14 Å². The van der Waals surface area contributed by atoms with Gasteiger partial charge in [0.2, 0.25) is 0 Å². The Hall–Kier alpha value is -1.09. The van der Waals surface area contributed by atoms with Crippen LogP contribution in [0.4, 0.5) is 20.8 Å². The molecule has 2 nitrogen and oxygen atoms in total. The summed E-state index contributed by atoms with van der Waals surface area (Å²) in [6.07, 6.45) is 0. The second-order valence-electron chi connectivity index (χ2n) is 4.37. The fraction of sp³-hybridized carbons (Fsp3) is 0.143. The van der Waals surface area contributed by atoms with Gasteiger partial charge in [-0.05, 0) is 48.5 Å². The van der Waals surface area contributed by atoms with Crippen LogP contribution in [0.15, 0.2) is 48.5 Å². The molecule has 0 fully saturated rings. The van der Waals surface area contributed by atoms with E-state index in [9.17, 15) is 20.8 Å². The zero-order chi connectivity index (χ0) is 18.5. The van der Waals surface area contributed by atoms with Gasteiger partial charge in [-0.3, -0.25) is 0 Å². The summed E-state index contributed by atoms with van der Waals surface area (Å²) in [5.41, 5.74) is 0. The maximum atomic E-state index is 9.91. The molecule has 10 heteroatoms. The molecule has 0 spiro atoms. The molecule has 0 aliphatic carbocycles. The summed E-state index contributed by atoms with van der Waals surface area (Å²) in [6, 6.07) is 16.6. The van der Waals surface area contributed by atoms with Crippen molar-refractivity contribution in [2.45, 2.75) is 0 Å². The van der Waals surface area contributed by atoms with Crippen molar-refractivity contribution in [3.63, 3.8) is 0 Å². The quantitative estimate of drug-likeness (QED) is 0.343. The second-order valence-corrected chi connectivity index (χ2v) is 11.4. The molecule has 136 valence electrons. The van der Waals surface area contributed by atoms with Gasteiger partial charge in [-0.15, -0.1) is 0 Å². The fourth-order valence-electron chi connectivity index (χ4n) is 1.39. The van der Waals surface area contributed by atoms with E-state index in [4.69, 9.17) is 9.47 Å². The van der Waals surface area contributed by atoms with Crippen molar-refractivity contribution in [1.29, 1.82) is 0 Å². The van der Waals surface area contributed by atoms with Gasteiger partial charge in [-0.2, -0.15) is 0 Å². The Morgan fingerprint density at radius 2 is 0.875 bits per heavy atom. The first-order chi connectivity index (χ1) is 10.8. The Labute approximate surface area is 146 Å². The van der Waals surface area contributed by atoms with E-state index < -0.39 is 14.2 Å². The molecule has 0 bridgehead atoms. The van der Waals surface area contributed by atoms with Crippen molar-refractivity contribution in [2.75, 3.05) is 14.2 Å². The molecule has 2 rings (SSSR count). The Balaban J connectivity index is 0.000000351. The molecule has 0 saturated heterocycles. The van der Waals surface area contributed by atoms with E-state index >= 15 is 0 Å². The number of halogens is 7. The molecule has 0 atom stereocenters. The molecule has 0 saturated carbocycles. The molecule has 2 aromatic carbocycles. The number of hydrogen-bond donors (Lipinski definition) is 0. The molecule has 0 aliphatic rings. The number of ether oxygens (including phenoxy) is 2. The summed E-state index contributed by atoms with van der Waals surface area (Å²) in [5, 5.41) is 0. The molecule has 0 aliphatic heterocycles. The van der Waals surface area contributed by atoms with E-state index in [-0.39, 0.29) is 21.2 Å². The topological polar surface area (TPSA) is 18.5 Å². The van der Waals surface area contributed by atoms with Crippen molar-refractivity contribution >= 4 is 14.2 Å². The SMILES string of the molecule is COc1ccc([I+]c2ccc(OC)cc2)cc1.F[As-](F)(F)(F)(F)F. The molecule has 2 aromatic rings. The van der Waals surface area contributed by atoms with E-state index in [1.807, 2.05) is 24.3 Å². The molecule has 0 amide bonds. The number of rotatable bonds is 4. The molecular formula is C14H14AsF6IO2. The van der Waals surface area contributed by atoms with E-state index in [1.54, 1.807) is 14.2 Å². The minimum absolute atomic E-state index is 0.119. The molecule has 0 aromatic heterocycles. The van der Waals surface area contributed by atoms with E-state index in [0.717, 1.165) is 11.5 Å². The Morgan fingerprint density at radius 1 is 0.625 bits per heavy atom. The van der Waals surface area contributed by atoms with Crippen LogP contribution < -0.4 is 30.7 Å². The zero-order valence-electron chi connectivity index (χ0n) is 12.5. The Bertz CT molecular complexity index is 599. The first kappa shape index (κ1) is 21.0. The molecule has 0 N–H and O–H groups in total. The van der Waals surface area contributed by atoms with Crippen molar-refractivity contribution in [3.05, 3.63) is 55.7 Å². The second kappa shape index (κ2) is 7.03. The molecule has 0 unspecified atom stereocenters. The normalized spacial score (nSPS) is 13.8. The first-order valence-corrected chi connectivity index (χ1v) is 12.7. The predicted molar refractivity (Wildman–Crippen MR) is 75.8 cm³/mol. The van der Waals surface area contributed by atoms with Gasteiger partial charge in [0.05, 0.1) is 14.2 Å². The van der Waals surface area contributed by atoms with Crippen LogP contribution in [-0.2, 0) is 0 Å². The van der Waals surface area contributed by atoms with Gasteiger partial charge in [-0.25, -0.2) is 0 Å². The average molecular weight is 530 g/mol. The van der Waals surface area contributed by atoms with Crippen LogP contribution in [0.1, 0.15) is 0 Å². The van der Waals surface area contributed by atoms with Crippen LogP contribution in [0.3, 0.4) is 0 Å². The Kier molecular flexibility index (Phi) is 6.14. The fourth-order valence-corrected chi connectivity index (χ4v) is 3.55. The van der Waals surface area contributed by atoms with Crippen LogP contribution in [0.5, 0.6) is 11.5 Å². The van der Waals surface area contributed by atoms with Crippen LogP contribution in [0.25, 0.3) is 0 Å². The van der Waals surface area contributed by atoms with Gasteiger partial charge in [-0.1, -0.05) is 0 Å². The van der Waals surface area contributed by atoms with Crippen LogP contribution in [-0.4, -0.2) is 28.4 Å². The molecular weight excluding hydrogens is 516 g/mol. The van der Waals surface area contributed by atoms with Crippen molar-refractivity contribution in [1.82, 2.24) is 0 Å². The molecule has 0 heterocycles. The summed E-state index contributed by atoms with van der Waals surface area (Å²) in [6.45, 7) is 0. The summed E-state index contributed by atoms with van der Waals surface area (Å²) in [4.78, 5) is 0. The van der Waals surface area contributed by atoms with Gasteiger partial charge >= 0.3 is 56.2 Å². The third-order valence-electron chi connectivity index (χ3n) is 2.32. The first-order valence-electron chi connectivity index (χ1n) is 6.26. The summed E-state index contributed by atoms with van der Waals surface area (Å²) >= 11 is -11.2. The standard InChI is InChI=1S/C14H14IO2.AsF6/c1-16-13-7-3-11(4-8-13)15-12-5-9-14(17-2)10-6-12;2-1(3,4,5,6)7/h3-10H,1-2H3;/q+1;-1. The van der Waals surface area contributed by atoms with Gasteiger partial charge in [0.1, 0.15) is 11.5 Å². The predicted octanol–water partition coefficient (Wildman–Crippen LogP) is 1.97. The Morgan fingerprint density at radius 3 is 1.08 bits per heavy atom. The van der Waals surface area contributed by atoms with Gasteiger partial charge in [0, 0.05) is 0 Å². The van der Waals surface area contributed by atoms with Gasteiger partial charge in [0.15, 0.2) is 7.14 Å². The van der Waals surface area contributed by atoms with E-state index in [0.29, 0.717) is 0 Å².